The number of carbonyl (C=O) groups is 1. The molecule has 3 rings (SSSR count). The second-order valence-corrected chi connectivity index (χ2v) is 7.96. The number of hydrogen-bond acceptors (Lipinski definition) is 5. The topological polar surface area (TPSA) is 87.7 Å². The van der Waals surface area contributed by atoms with E-state index in [2.05, 4.69) is 10.3 Å². The monoisotopic (exact) mass is 399 g/mol. The van der Waals surface area contributed by atoms with E-state index >= 15 is 0 Å². The van der Waals surface area contributed by atoms with Gasteiger partial charge in [-0.2, -0.15) is 0 Å². The number of hydrogen-bond donors (Lipinski definition) is 2. The molecule has 0 unspecified atom stereocenters. The van der Waals surface area contributed by atoms with E-state index in [-0.39, 0.29) is 4.90 Å². The zero-order chi connectivity index (χ0) is 20.3. The molecule has 0 atom stereocenters. The van der Waals surface area contributed by atoms with Crippen LogP contribution in [0.5, 0.6) is 5.75 Å². The SMILES string of the molecule is COc1ccc(C(=O)NNS(=O)(=O)c2cccc3c(N(C)C)cccc23)cc1. The largest absolute Gasteiger partial charge is 0.497 e. The van der Waals surface area contributed by atoms with E-state index in [0.717, 1.165) is 11.1 Å². The fraction of sp³-hybridized carbons (Fsp3) is 0.150. The quantitative estimate of drug-likeness (QED) is 0.622. The highest BCUT2D eigenvalue weighted by molar-refractivity contribution is 7.89. The zero-order valence-electron chi connectivity index (χ0n) is 15.8. The van der Waals surface area contributed by atoms with Gasteiger partial charge in [-0.3, -0.25) is 10.2 Å². The maximum atomic E-state index is 12.8. The van der Waals surface area contributed by atoms with E-state index in [9.17, 15) is 13.2 Å². The van der Waals surface area contributed by atoms with E-state index in [1.165, 1.54) is 13.2 Å². The maximum Gasteiger partial charge on any atom is 0.266 e. The van der Waals surface area contributed by atoms with E-state index in [4.69, 9.17) is 4.74 Å². The molecule has 0 radical (unpaired) electrons. The van der Waals surface area contributed by atoms with Crippen molar-refractivity contribution >= 4 is 32.4 Å². The first kappa shape index (κ1) is 19.7. The minimum absolute atomic E-state index is 0.0868. The van der Waals surface area contributed by atoms with Crippen LogP contribution < -0.4 is 19.9 Å². The Labute approximate surface area is 163 Å². The predicted octanol–water partition coefficient (Wildman–Crippen LogP) is 2.54. The number of carbonyl (C=O) groups excluding carboxylic acids is 1. The van der Waals surface area contributed by atoms with Gasteiger partial charge in [0.2, 0.25) is 0 Å². The number of nitrogens with zero attached hydrogens (tertiary/aromatic N) is 1. The number of fused-ring (bicyclic) bond motifs is 1. The van der Waals surface area contributed by atoms with Gasteiger partial charge in [-0.25, -0.2) is 8.42 Å². The Bertz CT molecular complexity index is 1110. The van der Waals surface area contributed by atoms with Crippen LogP contribution in [0.3, 0.4) is 0 Å². The fourth-order valence-corrected chi connectivity index (χ4v) is 3.93. The number of sulfonamides is 1. The average molecular weight is 399 g/mol. The number of benzene rings is 3. The summed E-state index contributed by atoms with van der Waals surface area (Å²) in [6.45, 7) is 0. The fourth-order valence-electron chi connectivity index (χ4n) is 2.87. The molecule has 3 aromatic carbocycles. The highest BCUT2D eigenvalue weighted by Crippen LogP contribution is 2.29. The van der Waals surface area contributed by atoms with Crippen molar-refractivity contribution in [2.24, 2.45) is 0 Å². The van der Waals surface area contributed by atoms with Crippen molar-refractivity contribution in [2.75, 3.05) is 26.1 Å². The normalized spacial score (nSPS) is 11.2. The Kier molecular flexibility index (Phi) is 5.53. The van der Waals surface area contributed by atoms with Crippen molar-refractivity contribution in [2.45, 2.75) is 4.90 Å². The first-order valence-electron chi connectivity index (χ1n) is 8.49. The molecule has 28 heavy (non-hydrogen) atoms. The minimum Gasteiger partial charge on any atom is -0.497 e. The van der Waals surface area contributed by atoms with Crippen molar-refractivity contribution in [1.29, 1.82) is 0 Å². The van der Waals surface area contributed by atoms with Crippen LogP contribution in [0, 0.1) is 0 Å². The predicted molar refractivity (Wildman–Crippen MR) is 109 cm³/mol. The first-order chi connectivity index (χ1) is 13.3. The molecule has 3 aromatic rings. The van der Waals surface area contributed by atoms with Crippen molar-refractivity contribution in [3.8, 4) is 5.75 Å². The summed E-state index contributed by atoms with van der Waals surface area (Å²) >= 11 is 0. The Balaban J connectivity index is 1.87. The molecule has 0 aromatic heterocycles. The lowest BCUT2D eigenvalue weighted by atomic mass is 10.1. The molecule has 0 spiro atoms. The molecule has 1 amide bonds. The van der Waals surface area contributed by atoms with Crippen LogP contribution >= 0.6 is 0 Å². The van der Waals surface area contributed by atoms with Crippen LogP contribution in [0.1, 0.15) is 10.4 Å². The van der Waals surface area contributed by atoms with Crippen molar-refractivity contribution in [3.05, 3.63) is 66.2 Å². The van der Waals surface area contributed by atoms with Crippen LogP contribution in [-0.2, 0) is 10.0 Å². The molecule has 0 aliphatic rings. The Morgan fingerprint density at radius 1 is 0.929 bits per heavy atom. The molecule has 0 saturated heterocycles. The number of anilines is 1. The van der Waals surface area contributed by atoms with Gasteiger partial charge in [0.05, 0.1) is 12.0 Å². The molecule has 0 saturated carbocycles. The van der Waals surface area contributed by atoms with Crippen molar-refractivity contribution in [1.82, 2.24) is 10.3 Å². The smallest absolute Gasteiger partial charge is 0.266 e. The van der Waals surface area contributed by atoms with Gasteiger partial charge in [-0.1, -0.05) is 24.3 Å². The van der Waals surface area contributed by atoms with Crippen LogP contribution in [0.25, 0.3) is 10.8 Å². The highest BCUT2D eigenvalue weighted by Gasteiger charge is 2.19. The Morgan fingerprint density at radius 2 is 1.57 bits per heavy atom. The average Bonchev–Trinajstić information content (AvgIpc) is 2.71. The lowest BCUT2D eigenvalue weighted by Crippen LogP contribution is -2.41. The highest BCUT2D eigenvalue weighted by atomic mass is 32.2. The summed E-state index contributed by atoms with van der Waals surface area (Å²) in [5, 5.41) is 1.37. The van der Waals surface area contributed by atoms with E-state index in [1.807, 2.05) is 31.1 Å². The summed E-state index contributed by atoms with van der Waals surface area (Å²) in [5.41, 5.74) is 3.45. The molecule has 7 nitrogen and oxygen atoms in total. The third-order valence-corrected chi connectivity index (χ3v) is 5.59. The van der Waals surface area contributed by atoms with Crippen LogP contribution in [0.4, 0.5) is 5.69 Å². The molecule has 0 fully saturated rings. The van der Waals surface area contributed by atoms with Crippen molar-refractivity contribution < 1.29 is 17.9 Å². The molecular formula is C20H21N3O4S. The third kappa shape index (κ3) is 3.92. The summed E-state index contributed by atoms with van der Waals surface area (Å²) in [4.78, 5) is 16.4. The van der Waals surface area contributed by atoms with Crippen molar-refractivity contribution in [3.63, 3.8) is 0 Å². The van der Waals surface area contributed by atoms with Gasteiger partial charge in [0.1, 0.15) is 5.75 Å². The molecular weight excluding hydrogens is 378 g/mol. The van der Waals surface area contributed by atoms with Gasteiger partial charge in [0.25, 0.3) is 15.9 Å². The Morgan fingerprint density at radius 3 is 2.21 bits per heavy atom. The lowest BCUT2D eigenvalue weighted by molar-refractivity contribution is 0.0945. The van der Waals surface area contributed by atoms with E-state index in [1.54, 1.807) is 42.5 Å². The molecule has 0 bridgehead atoms. The minimum atomic E-state index is -3.97. The number of hydrazine groups is 1. The Hall–Kier alpha value is -3.10. The second-order valence-electron chi connectivity index (χ2n) is 6.31. The van der Waals surface area contributed by atoms with Gasteiger partial charge in [0, 0.05) is 36.1 Å². The molecule has 0 aliphatic heterocycles. The summed E-state index contributed by atoms with van der Waals surface area (Å²) in [7, 11) is 1.34. The van der Waals surface area contributed by atoms with Gasteiger partial charge in [0.15, 0.2) is 0 Å². The number of methoxy groups -OCH3 is 1. The lowest BCUT2D eigenvalue weighted by Gasteiger charge is -2.17. The molecule has 0 aliphatic carbocycles. The molecule has 2 N–H and O–H groups in total. The zero-order valence-corrected chi connectivity index (χ0v) is 16.6. The molecule has 146 valence electrons. The van der Waals surface area contributed by atoms with Crippen LogP contribution in [-0.4, -0.2) is 35.5 Å². The number of amides is 1. The maximum absolute atomic E-state index is 12.8. The standard InChI is InChI=1S/C20H21N3O4S/c1-23(2)18-8-4-7-17-16(18)6-5-9-19(17)28(25,26)22-21-20(24)14-10-12-15(27-3)13-11-14/h4-13,22H,1-3H3,(H,21,24). The summed E-state index contributed by atoms with van der Waals surface area (Å²) in [6, 6.07) is 16.8. The van der Waals surface area contributed by atoms with Gasteiger partial charge >= 0.3 is 0 Å². The third-order valence-electron chi connectivity index (χ3n) is 4.28. The summed E-state index contributed by atoms with van der Waals surface area (Å²) in [5.74, 6) is 0.0324. The number of ether oxygens (including phenoxy) is 1. The molecule has 0 heterocycles. The number of rotatable bonds is 6. The van der Waals surface area contributed by atoms with E-state index in [0.29, 0.717) is 16.7 Å². The second kappa shape index (κ2) is 7.87. The molecule has 8 heteroatoms. The van der Waals surface area contributed by atoms with Gasteiger partial charge < -0.3 is 9.64 Å². The van der Waals surface area contributed by atoms with Gasteiger partial charge in [-0.15, -0.1) is 4.83 Å². The summed E-state index contributed by atoms with van der Waals surface area (Å²) < 4.78 is 30.6. The number of nitrogens with one attached hydrogen (secondary N) is 2. The van der Waals surface area contributed by atoms with Crippen LogP contribution in [0.15, 0.2) is 65.6 Å². The van der Waals surface area contributed by atoms with Crippen LogP contribution in [0.2, 0.25) is 0 Å². The van der Waals surface area contributed by atoms with E-state index < -0.39 is 15.9 Å². The summed E-state index contributed by atoms with van der Waals surface area (Å²) in [6.07, 6.45) is 0. The first-order valence-corrected chi connectivity index (χ1v) is 9.97. The van der Waals surface area contributed by atoms with Gasteiger partial charge in [-0.05, 0) is 36.4 Å².